The van der Waals surface area contributed by atoms with Crippen molar-refractivity contribution >= 4 is 23.9 Å². The number of carbonyl (C=O) groups is 1. The minimum atomic E-state index is -0.117. The zero-order valence-electron chi connectivity index (χ0n) is 16.7. The molecule has 3 aromatic rings. The number of hydrogen-bond acceptors (Lipinski definition) is 3. The van der Waals surface area contributed by atoms with Crippen molar-refractivity contribution < 1.29 is 4.79 Å². The van der Waals surface area contributed by atoms with E-state index >= 15 is 0 Å². The fourth-order valence-corrected chi connectivity index (χ4v) is 3.93. The molecular formula is C23H25N3OS. The van der Waals surface area contributed by atoms with Crippen molar-refractivity contribution in [1.82, 2.24) is 9.99 Å². The van der Waals surface area contributed by atoms with E-state index in [9.17, 15) is 4.79 Å². The molecule has 0 aliphatic rings. The quantitative estimate of drug-likeness (QED) is 0.367. The number of rotatable bonds is 6. The molecule has 4 nitrogen and oxygen atoms in total. The molecule has 0 spiro atoms. The minimum absolute atomic E-state index is 0.117. The zero-order chi connectivity index (χ0) is 20.1. The van der Waals surface area contributed by atoms with Crippen LogP contribution in [0.2, 0.25) is 0 Å². The van der Waals surface area contributed by atoms with Crippen LogP contribution in [0.4, 0.5) is 0 Å². The molecule has 0 unspecified atom stereocenters. The number of hydrazone groups is 1. The van der Waals surface area contributed by atoms with Gasteiger partial charge in [-0.3, -0.25) is 4.79 Å². The summed E-state index contributed by atoms with van der Waals surface area (Å²) in [5, 5.41) is 4.15. The Kier molecular flexibility index (Phi) is 6.37. The number of hydrogen-bond donors (Lipinski definition) is 1. The van der Waals surface area contributed by atoms with E-state index in [-0.39, 0.29) is 5.91 Å². The summed E-state index contributed by atoms with van der Waals surface area (Å²) in [5.74, 6) is 0.219. The Labute approximate surface area is 170 Å². The number of nitrogens with zero attached hydrogens (tertiary/aromatic N) is 2. The molecule has 28 heavy (non-hydrogen) atoms. The van der Waals surface area contributed by atoms with Gasteiger partial charge in [0.1, 0.15) is 0 Å². The van der Waals surface area contributed by atoms with Crippen molar-refractivity contribution in [2.45, 2.75) is 32.6 Å². The smallest absolute Gasteiger partial charge is 0.250 e. The summed E-state index contributed by atoms with van der Waals surface area (Å²) in [4.78, 5) is 13.1. The molecule has 0 aliphatic carbocycles. The first-order chi connectivity index (χ1) is 13.5. The number of amides is 1. The molecular weight excluding hydrogens is 366 g/mol. The summed E-state index contributed by atoms with van der Waals surface area (Å²) < 4.78 is 2.23. The van der Waals surface area contributed by atoms with E-state index in [2.05, 4.69) is 67.1 Å². The average molecular weight is 392 g/mol. The third kappa shape index (κ3) is 4.73. The lowest BCUT2D eigenvalue weighted by molar-refractivity contribution is -0.118. The molecule has 1 amide bonds. The standard InChI is InChI=1S/C23H25N3OS/c1-16-10-11-22(17(2)12-16)26-18(3)13-20(19(26)4)14-24-25-23(27)15-28-21-8-6-5-7-9-21/h5-14H,15H2,1-4H3,(H,25,27)/b24-14-. The number of benzene rings is 2. The maximum Gasteiger partial charge on any atom is 0.250 e. The molecule has 0 saturated carbocycles. The Balaban J connectivity index is 1.67. The zero-order valence-corrected chi connectivity index (χ0v) is 17.5. The lowest BCUT2D eigenvalue weighted by atomic mass is 10.1. The number of aromatic nitrogens is 1. The van der Waals surface area contributed by atoms with Gasteiger partial charge in [-0.1, -0.05) is 35.9 Å². The molecule has 0 aliphatic heterocycles. The van der Waals surface area contributed by atoms with Crippen LogP contribution in [0.1, 0.15) is 28.1 Å². The Hall–Kier alpha value is -2.79. The van der Waals surface area contributed by atoms with Gasteiger partial charge in [0.05, 0.1) is 12.0 Å². The van der Waals surface area contributed by atoms with Crippen molar-refractivity contribution in [2.75, 3.05) is 5.75 Å². The molecule has 0 atom stereocenters. The summed E-state index contributed by atoms with van der Waals surface area (Å²) in [5.41, 5.74) is 9.50. The Morgan fingerprint density at radius 2 is 1.82 bits per heavy atom. The maximum atomic E-state index is 12.0. The van der Waals surface area contributed by atoms with Crippen molar-refractivity contribution in [1.29, 1.82) is 0 Å². The third-order valence-corrected chi connectivity index (χ3v) is 5.58. The second kappa shape index (κ2) is 8.93. The monoisotopic (exact) mass is 391 g/mol. The van der Waals surface area contributed by atoms with Crippen LogP contribution in [0.5, 0.6) is 0 Å². The molecule has 1 aromatic heterocycles. The second-order valence-corrected chi connectivity index (χ2v) is 7.90. The summed E-state index contributed by atoms with van der Waals surface area (Å²) in [6, 6.07) is 18.4. The topological polar surface area (TPSA) is 46.4 Å². The minimum Gasteiger partial charge on any atom is -0.318 e. The molecule has 0 bridgehead atoms. The predicted octanol–water partition coefficient (Wildman–Crippen LogP) is 4.95. The van der Waals surface area contributed by atoms with E-state index in [1.807, 2.05) is 30.3 Å². The van der Waals surface area contributed by atoms with Crippen LogP contribution in [0.15, 0.2) is 64.6 Å². The fourth-order valence-electron chi connectivity index (χ4n) is 3.22. The first kappa shape index (κ1) is 20.0. The number of aryl methyl sites for hydroxylation is 3. The highest BCUT2D eigenvalue weighted by atomic mass is 32.2. The molecule has 2 aromatic carbocycles. The molecule has 3 rings (SSSR count). The Morgan fingerprint density at radius 1 is 1.07 bits per heavy atom. The maximum absolute atomic E-state index is 12.0. The van der Waals surface area contributed by atoms with E-state index in [0.717, 1.165) is 21.8 Å². The summed E-state index contributed by atoms with van der Waals surface area (Å²) in [7, 11) is 0. The van der Waals surface area contributed by atoms with Crippen LogP contribution in [-0.4, -0.2) is 22.4 Å². The number of thioether (sulfide) groups is 1. The van der Waals surface area contributed by atoms with Crippen molar-refractivity contribution in [3.8, 4) is 5.69 Å². The fraction of sp³-hybridized carbons (Fsp3) is 0.217. The van der Waals surface area contributed by atoms with Crippen LogP contribution >= 0.6 is 11.8 Å². The van der Waals surface area contributed by atoms with Gasteiger partial charge in [0.2, 0.25) is 5.91 Å². The molecule has 0 radical (unpaired) electrons. The first-order valence-electron chi connectivity index (χ1n) is 9.22. The first-order valence-corrected chi connectivity index (χ1v) is 10.2. The molecule has 1 N–H and O–H groups in total. The number of carbonyl (C=O) groups excluding carboxylic acids is 1. The lowest BCUT2D eigenvalue weighted by Crippen LogP contribution is -2.19. The summed E-state index contributed by atoms with van der Waals surface area (Å²) in [6.07, 6.45) is 1.72. The van der Waals surface area contributed by atoms with Gasteiger partial charge in [-0.25, -0.2) is 5.43 Å². The van der Waals surface area contributed by atoms with Gasteiger partial charge < -0.3 is 4.57 Å². The summed E-state index contributed by atoms with van der Waals surface area (Å²) >= 11 is 1.49. The molecule has 0 fully saturated rings. The van der Waals surface area contributed by atoms with Gasteiger partial charge in [-0.05, 0) is 57.5 Å². The van der Waals surface area contributed by atoms with Gasteiger partial charge in [0, 0.05) is 27.5 Å². The van der Waals surface area contributed by atoms with E-state index in [1.165, 1.54) is 28.6 Å². The molecule has 5 heteroatoms. The van der Waals surface area contributed by atoms with Gasteiger partial charge in [-0.15, -0.1) is 11.8 Å². The highest BCUT2D eigenvalue weighted by Gasteiger charge is 2.11. The summed E-state index contributed by atoms with van der Waals surface area (Å²) in [6.45, 7) is 8.38. The predicted molar refractivity (Wildman–Crippen MR) is 118 cm³/mol. The Bertz CT molecular complexity index is 1010. The van der Waals surface area contributed by atoms with Crippen LogP contribution in [0.3, 0.4) is 0 Å². The highest BCUT2D eigenvalue weighted by Crippen LogP contribution is 2.23. The SMILES string of the molecule is Cc1ccc(-n2c(C)cc(/C=N\NC(=O)CSc3ccccc3)c2C)c(C)c1. The van der Waals surface area contributed by atoms with Crippen LogP contribution < -0.4 is 5.43 Å². The van der Waals surface area contributed by atoms with Gasteiger partial charge in [-0.2, -0.15) is 5.10 Å². The van der Waals surface area contributed by atoms with Crippen molar-refractivity contribution in [3.63, 3.8) is 0 Å². The van der Waals surface area contributed by atoms with E-state index in [1.54, 1.807) is 6.21 Å². The van der Waals surface area contributed by atoms with E-state index < -0.39 is 0 Å². The van der Waals surface area contributed by atoms with Gasteiger partial charge >= 0.3 is 0 Å². The van der Waals surface area contributed by atoms with Crippen LogP contribution in [0.25, 0.3) is 5.69 Å². The average Bonchev–Trinajstić information content (AvgIpc) is 2.95. The van der Waals surface area contributed by atoms with Crippen LogP contribution in [0, 0.1) is 27.7 Å². The normalized spacial score (nSPS) is 11.1. The number of nitrogens with one attached hydrogen (secondary N) is 1. The molecule has 144 valence electrons. The van der Waals surface area contributed by atoms with Crippen LogP contribution in [-0.2, 0) is 4.79 Å². The van der Waals surface area contributed by atoms with E-state index in [0.29, 0.717) is 5.75 Å². The van der Waals surface area contributed by atoms with Gasteiger partial charge in [0.15, 0.2) is 0 Å². The molecule has 1 heterocycles. The highest BCUT2D eigenvalue weighted by molar-refractivity contribution is 8.00. The lowest BCUT2D eigenvalue weighted by Gasteiger charge is -2.13. The Morgan fingerprint density at radius 3 is 2.54 bits per heavy atom. The largest absolute Gasteiger partial charge is 0.318 e. The molecule has 0 saturated heterocycles. The second-order valence-electron chi connectivity index (χ2n) is 6.85. The van der Waals surface area contributed by atoms with Gasteiger partial charge in [0.25, 0.3) is 0 Å². The van der Waals surface area contributed by atoms with Crippen molar-refractivity contribution in [2.24, 2.45) is 5.10 Å². The van der Waals surface area contributed by atoms with Crippen molar-refractivity contribution in [3.05, 3.63) is 82.7 Å². The third-order valence-electron chi connectivity index (χ3n) is 4.57. The van der Waals surface area contributed by atoms with E-state index in [4.69, 9.17) is 0 Å².